The normalized spacial score (nSPS) is 13.9. The highest BCUT2D eigenvalue weighted by atomic mass is 16.5. The number of amides is 2. The molecule has 0 aliphatic carbocycles. The molecule has 2 aromatic rings. The Kier molecular flexibility index (Phi) is 6.44. The molecular weight excluding hydrogens is 344 g/mol. The van der Waals surface area contributed by atoms with Crippen LogP contribution in [0.15, 0.2) is 48.5 Å². The van der Waals surface area contributed by atoms with Gasteiger partial charge in [0, 0.05) is 24.3 Å². The molecule has 0 radical (unpaired) electrons. The summed E-state index contributed by atoms with van der Waals surface area (Å²) in [5.74, 6) is 0.305. The summed E-state index contributed by atoms with van der Waals surface area (Å²) in [7, 11) is 0. The Morgan fingerprint density at radius 2 is 1.78 bits per heavy atom. The number of ether oxygens (including phenoxy) is 2. The lowest BCUT2D eigenvalue weighted by molar-refractivity contribution is 0.0303. The summed E-state index contributed by atoms with van der Waals surface area (Å²) >= 11 is 0. The van der Waals surface area contributed by atoms with Crippen LogP contribution in [0.25, 0.3) is 0 Å². The minimum absolute atomic E-state index is 0.0190. The minimum Gasteiger partial charge on any atom is -0.493 e. The number of rotatable bonds is 6. The molecule has 0 unspecified atom stereocenters. The van der Waals surface area contributed by atoms with Gasteiger partial charge in [0.2, 0.25) is 0 Å². The molecule has 0 spiro atoms. The number of carbonyl (C=O) groups is 2. The average Bonchev–Trinajstić information content (AvgIpc) is 2.73. The zero-order valence-corrected chi connectivity index (χ0v) is 15.4. The van der Waals surface area contributed by atoms with Crippen LogP contribution in [0.1, 0.15) is 34.1 Å². The predicted molar refractivity (Wildman–Crippen MR) is 103 cm³/mol. The summed E-state index contributed by atoms with van der Waals surface area (Å²) in [5, 5.41) is 2.86. The molecule has 0 bridgehead atoms. The van der Waals surface area contributed by atoms with Crippen molar-refractivity contribution < 1.29 is 19.1 Å². The van der Waals surface area contributed by atoms with Crippen molar-refractivity contribution in [2.75, 3.05) is 38.2 Å². The van der Waals surface area contributed by atoms with Crippen molar-refractivity contribution in [3.8, 4) is 5.75 Å². The third-order valence-corrected chi connectivity index (χ3v) is 4.28. The highest BCUT2D eigenvalue weighted by Crippen LogP contribution is 2.20. The van der Waals surface area contributed by atoms with Gasteiger partial charge in [-0.05, 0) is 42.8 Å². The third-order valence-electron chi connectivity index (χ3n) is 4.28. The van der Waals surface area contributed by atoms with E-state index < -0.39 is 0 Å². The molecule has 1 fully saturated rings. The standard InChI is InChI=1S/C21H24N2O4/c1-2-13-27-19-6-4-3-5-18(19)20(24)22-17-9-7-16(8-10-17)21(25)23-11-14-26-15-12-23/h3-10H,2,11-15H2,1H3,(H,22,24). The van der Waals surface area contributed by atoms with Crippen molar-refractivity contribution in [1.82, 2.24) is 4.90 Å². The van der Waals surface area contributed by atoms with Gasteiger partial charge >= 0.3 is 0 Å². The summed E-state index contributed by atoms with van der Waals surface area (Å²) in [6.45, 7) is 4.92. The number of carbonyl (C=O) groups excluding carboxylic acids is 2. The van der Waals surface area contributed by atoms with Gasteiger partial charge in [-0.3, -0.25) is 9.59 Å². The molecule has 0 aromatic heterocycles. The van der Waals surface area contributed by atoms with Gasteiger partial charge in [0.25, 0.3) is 11.8 Å². The largest absolute Gasteiger partial charge is 0.493 e. The van der Waals surface area contributed by atoms with Crippen LogP contribution < -0.4 is 10.1 Å². The Balaban J connectivity index is 1.66. The second kappa shape index (κ2) is 9.19. The van der Waals surface area contributed by atoms with Crippen LogP contribution in [0.3, 0.4) is 0 Å². The second-order valence-electron chi connectivity index (χ2n) is 6.28. The van der Waals surface area contributed by atoms with E-state index in [0.717, 1.165) is 6.42 Å². The van der Waals surface area contributed by atoms with Crippen molar-refractivity contribution in [2.24, 2.45) is 0 Å². The second-order valence-corrected chi connectivity index (χ2v) is 6.28. The van der Waals surface area contributed by atoms with Crippen LogP contribution >= 0.6 is 0 Å². The molecule has 1 heterocycles. The van der Waals surface area contributed by atoms with Gasteiger partial charge in [0.15, 0.2) is 0 Å². The fraction of sp³-hybridized carbons (Fsp3) is 0.333. The topological polar surface area (TPSA) is 67.9 Å². The number of para-hydroxylation sites is 1. The van der Waals surface area contributed by atoms with E-state index in [1.165, 1.54) is 0 Å². The first kappa shape index (κ1) is 18.9. The molecule has 3 rings (SSSR count). The fourth-order valence-electron chi connectivity index (χ4n) is 2.84. The zero-order chi connectivity index (χ0) is 19.1. The van der Waals surface area contributed by atoms with Gasteiger partial charge in [0.05, 0.1) is 25.4 Å². The van der Waals surface area contributed by atoms with Crippen molar-refractivity contribution >= 4 is 17.5 Å². The van der Waals surface area contributed by atoms with Crippen molar-refractivity contribution in [3.05, 3.63) is 59.7 Å². The van der Waals surface area contributed by atoms with Gasteiger partial charge in [-0.1, -0.05) is 19.1 Å². The van der Waals surface area contributed by atoms with E-state index in [9.17, 15) is 9.59 Å². The summed E-state index contributed by atoms with van der Waals surface area (Å²) in [6.07, 6.45) is 0.870. The molecule has 6 heteroatoms. The van der Waals surface area contributed by atoms with Crippen molar-refractivity contribution in [1.29, 1.82) is 0 Å². The fourth-order valence-corrected chi connectivity index (χ4v) is 2.84. The molecule has 0 atom stereocenters. The molecule has 1 aliphatic rings. The summed E-state index contributed by atoms with van der Waals surface area (Å²) < 4.78 is 10.9. The first-order valence-electron chi connectivity index (χ1n) is 9.19. The smallest absolute Gasteiger partial charge is 0.259 e. The maximum absolute atomic E-state index is 12.6. The molecule has 1 saturated heterocycles. The molecule has 1 N–H and O–H groups in total. The Labute approximate surface area is 159 Å². The highest BCUT2D eigenvalue weighted by molar-refractivity contribution is 6.06. The molecule has 1 aliphatic heterocycles. The predicted octanol–water partition coefficient (Wildman–Crippen LogP) is 3.20. The maximum Gasteiger partial charge on any atom is 0.259 e. The quantitative estimate of drug-likeness (QED) is 0.850. The van der Waals surface area contributed by atoms with Gasteiger partial charge in [-0.2, -0.15) is 0 Å². The number of nitrogens with zero attached hydrogens (tertiary/aromatic N) is 1. The lowest BCUT2D eigenvalue weighted by Crippen LogP contribution is -2.40. The molecule has 27 heavy (non-hydrogen) atoms. The maximum atomic E-state index is 12.6. The highest BCUT2D eigenvalue weighted by Gasteiger charge is 2.18. The molecule has 2 amide bonds. The number of morpholine rings is 1. The van der Waals surface area contributed by atoms with Crippen LogP contribution in [-0.4, -0.2) is 49.6 Å². The average molecular weight is 368 g/mol. The SMILES string of the molecule is CCCOc1ccccc1C(=O)Nc1ccc(C(=O)N2CCOCC2)cc1. The van der Waals surface area contributed by atoms with Crippen LogP contribution in [-0.2, 0) is 4.74 Å². The summed E-state index contributed by atoms with van der Waals surface area (Å²) in [5.41, 5.74) is 1.71. The zero-order valence-electron chi connectivity index (χ0n) is 15.4. The van der Waals surface area contributed by atoms with Gasteiger partial charge in [-0.15, -0.1) is 0 Å². The lowest BCUT2D eigenvalue weighted by atomic mass is 10.1. The van der Waals surface area contributed by atoms with E-state index in [1.54, 1.807) is 47.4 Å². The van der Waals surface area contributed by atoms with E-state index >= 15 is 0 Å². The molecule has 0 saturated carbocycles. The van der Waals surface area contributed by atoms with E-state index in [1.807, 2.05) is 13.0 Å². The van der Waals surface area contributed by atoms with E-state index in [0.29, 0.717) is 55.5 Å². The van der Waals surface area contributed by atoms with Gasteiger partial charge in [0.1, 0.15) is 5.75 Å². The first-order chi connectivity index (χ1) is 13.2. The van der Waals surface area contributed by atoms with Crippen LogP contribution in [0, 0.1) is 0 Å². The first-order valence-corrected chi connectivity index (χ1v) is 9.19. The molecule has 142 valence electrons. The minimum atomic E-state index is -0.242. The van der Waals surface area contributed by atoms with Crippen molar-refractivity contribution in [3.63, 3.8) is 0 Å². The lowest BCUT2D eigenvalue weighted by Gasteiger charge is -2.26. The van der Waals surface area contributed by atoms with E-state index in [4.69, 9.17) is 9.47 Å². The van der Waals surface area contributed by atoms with Crippen LogP contribution in [0.5, 0.6) is 5.75 Å². The monoisotopic (exact) mass is 368 g/mol. The van der Waals surface area contributed by atoms with Gasteiger partial charge in [-0.25, -0.2) is 0 Å². The number of benzene rings is 2. The molecule has 6 nitrogen and oxygen atoms in total. The van der Waals surface area contributed by atoms with Crippen LogP contribution in [0.2, 0.25) is 0 Å². The molecule has 2 aromatic carbocycles. The van der Waals surface area contributed by atoms with E-state index in [2.05, 4.69) is 5.32 Å². The summed E-state index contributed by atoms with van der Waals surface area (Å²) in [6, 6.07) is 14.1. The number of nitrogens with one attached hydrogen (secondary N) is 1. The number of hydrogen-bond donors (Lipinski definition) is 1. The Morgan fingerprint density at radius 3 is 2.48 bits per heavy atom. The molecular formula is C21H24N2O4. The third kappa shape index (κ3) is 4.86. The van der Waals surface area contributed by atoms with Crippen LogP contribution in [0.4, 0.5) is 5.69 Å². The summed E-state index contributed by atoms with van der Waals surface area (Å²) in [4.78, 5) is 26.8. The Morgan fingerprint density at radius 1 is 1.07 bits per heavy atom. The van der Waals surface area contributed by atoms with Crippen molar-refractivity contribution in [2.45, 2.75) is 13.3 Å². The number of anilines is 1. The number of hydrogen-bond acceptors (Lipinski definition) is 4. The Hall–Kier alpha value is -2.86. The Bertz CT molecular complexity index is 783. The van der Waals surface area contributed by atoms with Gasteiger partial charge < -0.3 is 19.7 Å². The van der Waals surface area contributed by atoms with E-state index in [-0.39, 0.29) is 11.8 Å².